The standard InChI is InChI=1S/C44H33Cl2F5N2O9/c1-59-22-11-14-28(61-3)20(15-22)8-5-19-6-9-21(10-7-19)52-39(55)25-13-12-24-26(30(25)40(52)56)18-43(45)41(57)53(38-36(50)34(48)33(47)35(49)37(38)51)42(58)44(43,46)32(24)31-27(54)16-23(60-2)17-29(31)62-4/h5-12,14-17,25-26,30,32,54H,13,18H2,1-4H3. The number of anilines is 2. The minimum atomic E-state index is -2.88. The second-order valence-corrected chi connectivity index (χ2v) is 16.2. The van der Waals surface area contributed by atoms with Gasteiger partial charge in [0.15, 0.2) is 33.0 Å². The molecule has 0 spiro atoms. The summed E-state index contributed by atoms with van der Waals surface area (Å²) in [5.41, 5.74) is -0.487. The number of carbonyl (C=O) groups excluding carboxylic acids is 4. The van der Waals surface area contributed by atoms with Gasteiger partial charge in [-0.25, -0.2) is 26.9 Å². The number of fused-ring (bicyclic) bond motifs is 4. The highest BCUT2D eigenvalue weighted by molar-refractivity contribution is 6.58. The average molecular weight is 900 g/mol. The lowest BCUT2D eigenvalue weighted by molar-refractivity contribution is -0.125. The molecule has 4 aromatic carbocycles. The zero-order chi connectivity index (χ0) is 44.7. The minimum absolute atomic E-state index is 0.0551. The summed E-state index contributed by atoms with van der Waals surface area (Å²) >= 11 is 14.5. The lowest BCUT2D eigenvalue weighted by Crippen LogP contribution is -2.60. The highest BCUT2D eigenvalue weighted by Crippen LogP contribution is 2.68. The van der Waals surface area contributed by atoms with E-state index in [4.69, 9.17) is 42.1 Å². The summed E-state index contributed by atoms with van der Waals surface area (Å²) in [5.74, 6) is -22.1. The van der Waals surface area contributed by atoms with Crippen molar-refractivity contribution in [3.05, 3.63) is 112 Å². The SMILES string of the molecule is COc1ccc(OC)c(C=Cc2ccc(N3C(=O)C4CC=C5C(CC6(Cl)C(=O)N(c7c(F)c(F)c(F)c(F)c7F)C(=O)C6(Cl)C5c5c(O)cc(OC)cc5OC)C4C3=O)cc2)c1. The molecule has 11 nitrogen and oxygen atoms in total. The van der Waals surface area contributed by atoms with Crippen molar-refractivity contribution in [3.63, 3.8) is 0 Å². The molecule has 4 amide bonds. The van der Waals surface area contributed by atoms with E-state index in [0.29, 0.717) is 17.1 Å². The predicted octanol–water partition coefficient (Wildman–Crippen LogP) is 8.06. The second kappa shape index (κ2) is 15.3. The van der Waals surface area contributed by atoms with Crippen molar-refractivity contribution in [2.45, 2.75) is 28.5 Å². The van der Waals surface area contributed by atoms with Crippen LogP contribution < -0.4 is 28.7 Å². The molecule has 8 rings (SSSR count). The summed E-state index contributed by atoms with van der Waals surface area (Å²) in [6.45, 7) is 0. The maximum atomic E-state index is 15.5. The number of amides is 4. The third kappa shape index (κ3) is 5.97. The number of methoxy groups -OCH3 is 4. The first-order chi connectivity index (χ1) is 29.5. The van der Waals surface area contributed by atoms with Crippen LogP contribution >= 0.6 is 23.2 Å². The maximum Gasteiger partial charge on any atom is 0.258 e. The molecule has 1 N–H and O–H groups in total. The van der Waals surface area contributed by atoms with E-state index in [1.807, 2.05) is 0 Å². The van der Waals surface area contributed by atoms with Crippen LogP contribution in [0.15, 0.2) is 66.2 Å². The third-order valence-corrected chi connectivity index (χ3v) is 13.5. The smallest absolute Gasteiger partial charge is 0.258 e. The van der Waals surface area contributed by atoms with Gasteiger partial charge in [-0.2, -0.15) is 0 Å². The summed E-state index contributed by atoms with van der Waals surface area (Å²) < 4.78 is 96.0. The number of alkyl halides is 2. The van der Waals surface area contributed by atoms with E-state index in [0.717, 1.165) is 16.5 Å². The molecule has 2 aliphatic heterocycles. The molecule has 6 unspecified atom stereocenters. The highest BCUT2D eigenvalue weighted by Gasteiger charge is 2.77. The Kier molecular flexibility index (Phi) is 10.5. The fourth-order valence-corrected chi connectivity index (χ4v) is 10.1. The van der Waals surface area contributed by atoms with E-state index >= 15 is 8.78 Å². The van der Waals surface area contributed by atoms with Crippen LogP contribution in [0.1, 0.15) is 35.4 Å². The third-order valence-electron chi connectivity index (χ3n) is 12.1. The quantitative estimate of drug-likeness (QED) is 0.0337. The van der Waals surface area contributed by atoms with Gasteiger partial charge in [0.2, 0.25) is 17.6 Å². The molecule has 4 aromatic rings. The molecule has 2 aliphatic carbocycles. The van der Waals surface area contributed by atoms with Crippen molar-refractivity contribution in [2.24, 2.45) is 17.8 Å². The largest absolute Gasteiger partial charge is 0.507 e. The number of benzene rings is 4. The number of imide groups is 2. The summed E-state index contributed by atoms with van der Waals surface area (Å²) in [6, 6.07) is 14.1. The maximum absolute atomic E-state index is 15.5. The average Bonchev–Trinajstić information content (AvgIpc) is 3.61. The van der Waals surface area contributed by atoms with Gasteiger partial charge < -0.3 is 24.1 Å². The van der Waals surface area contributed by atoms with Gasteiger partial charge in [-0.05, 0) is 54.7 Å². The van der Waals surface area contributed by atoms with Gasteiger partial charge in [0.25, 0.3) is 11.8 Å². The molecule has 4 aliphatic rings. The molecular formula is C44H33Cl2F5N2O9. The Hall–Kier alpha value is -6.13. The lowest BCUT2D eigenvalue weighted by atomic mass is 9.56. The molecular weight excluding hydrogens is 866 g/mol. The number of allylic oxidation sites excluding steroid dienone is 2. The monoisotopic (exact) mass is 898 g/mol. The molecule has 0 radical (unpaired) electrons. The van der Waals surface area contributed by atoms with E-state index in [2.05, 4.69) is 0 Å². The van der Waals surface area contributed by atoms with Crippen molar-refractivity contribution < 1.29 is 65.2 Å². The molecule has 322 valence electrons. The van der Waals surface area contributed by atoms with Gasteiger partial charge in [-0.1, -0.05) is 35.9 Å². The van der Waals surface area contributed by atoms with Crippen molar-refractivity contribution in [3.8, 4) is 28.7 Å². The molecule has 6 atom stereocenters. The van der Waals surface area contributed by atoms with Gasteiger partial charge in [0.1, 0.15) is 34.4 Å². The summed E-state index contributed by atoms with van der Waals surface area (Å²) in [5, 5.41) is 11.6. The van der Waals surface area contributed by atoms with Crippen molar-refractivity contribution in [1.29, 1.82) is 0 Å². The fraction of sp³-hybridized carbons (Fsp3) is 0.273. The van der Waals surface area contributed by atoms with Gasteiger partial charge in [-0.15, -0.1) is 23.2 Å². The van der Waals surface area contributed by atoms with Crippen molar-refractivity contribution >= 4 is 70.4 Å². The molecule has 3 fully saturated rings. The summed E-state index contributed by atoms with van der Waals surface area (Å²) in [6.07, 6.45) is 4.22. The fourth-order valence-electron chi connectivity index (χ4n) is 9.19. The first-order valence-electron chi connectivity index (χ1n) is 18.8. The van der Waals surface area contributed by atoms with E-state index in [1.165, 1.54) is 40.6 Å². The van der Waals surface area contributed by atoms with Crippen LogP contribution in [-0.4, -0.2) is 66.9 Å². The Bertz CT molecular complexity index is 2650. The first kappa shape index (κ1) is 42.6. The highest BCUT2D eigenvalue weighted by atomic mass is 35.5. The topological polar surface area (TPSA) is 132 Å². The molecule has 0 bridgehead atoms. The van der Waals surface area contributed by atoms with Crippen LogP contribution in [-0.2, 0) is 19.2 Å². The molecule has 0 aromatic heterocycles. The number of halogens is 7. The number of hydrogen-bond acceptors (Lipinski definition) is 9. The van der Waals surface area contributed by atoms with Crippen LogP contribution in [0.2, 0.25) is 0 Å². The number of hydrogen-bond donors (Lipinski definition) is 1. The van der Waals surface area contributed by atoms with E-state index < -0.39 is 104 Å². The minimum Gasteiger partial charge on any atom is -0.507 e. The molecule has 2 heterocycles. The van der Waals surface area contributed by atoms with Crippen LogP contribution in [0.4, 0.5) is 33.3 Å². The summed E-state index contributed by atoms with van der Waals surface area (Å²) in [4.78, 5) is 53.1. The molecule has 1 saturated carbocycles. The number of nitrogens with zero attached hydrogens (tertiary/aromatic N) is 2. The molecule has 18 heteroatoms. The van der Waals surface area contributed by atoms with Crippen LogP contribution in [0.3, 0.4) is 0 Å². The number of carbonyl (C=O) groups is 4. The number of phenols is 1. The Balaban J connectivity index is 1.22. The Morgan fingerprint density at radius 3 is 1.94 bits per heavy atom. The van der Waals surface area contributed by atoms with Gasteiger partial charge in [0, 0.05) is 29.2 Å². The van der Waals surface area contributed by atoms with E-state index in [-0.39, 0.29) is 39.6 Å². The normalized spacial score (nSPS) is 25.5. The zero-order valence-electron chi connectivity index (χ0n) is 32.9. The van der Waals surface area contributed by atoms with Crippen LogP contribution in [0.25, 0.3) is 12.2 Å². The van der Waals surface area contributed by atoms with Gasteiger partial charge in [0.05, 0.1) is 46.0 Å². The Labute approximate surface area is 359 Å². The molecule has 2 saturated heterocycles. The Morgan fingerprint density at radius 1 is 0.694 bits per heavy atom. The van der Waals surface area contributed by atoms with Gasteiger partial charge in [-0.3, -0.25) is 24.1 Å². The van der Waals surface area contributed by atoms with E-state index in [1.54, 1.807) is 54.6 Å². The van der Waals surface area contributed by atoms with Crippen molar-refractivity contribution in [2.75, 3.05) is 38.2 Å². The first-order valence-corrected chi connectivity index (χ1v) is 19.6. The number of ether oxygens (including phenoxy) is 4. The Morgan fingerprint density at radius 2 is 1.32 bits per heavy atom. The summed E-state index contributed by atoms with van der Waals surface area (Å²) in [7, 11) is 5.53. The molecule has 62 heavy (non-hydrogen) atoms. The zero-order valence-corrected chi connectivity index (χ0v) is 34.4. The van der Waals surface area contributed by atoms with Gasteiger partial charge >= 0.3 is 0 Å². The van der Waals surface area contributed by atoms with Crippen LogP contribution in [0.5, 0.6) is 28.7 Å². The van der Waals surface area contributed by atoms with Crippen molar-refractivity contribution in [1.82, 2.24) is 0 Å². The number of rotatable bonds is 9. The number of phenolic OH excluding ortho intramolecular Hbond substituents is 1. The second-order valence-electron chi connectivity index (χ2n) is 15.0. The van der Waals surface area contributed by atoms with Crippen LogP contribution in [0, 0.1) is 46.8 Å². The predicted molar refractivity (Wildman–Crippen MR) is 215 cm³/mol. The van der Waals surface area contributed by atoms with E-state index in [9.17, 15) is 37.5 Å². The number of aromatic hydroxyl groups is 1. The lowest BCUT2D eigenvalue weighted by Gasteiger charge is -2.50.